The average molecular weight is 242 g/mol. The molecule has 2 aliphatic rings. The summed E-state index contributed by atoms with van der Waals surface area (Å²) in [4.78, 5) is 2.46. The first-order valence-electron chi connectivity index (χ1n) is 6.57. The van der Waals surface area contributed by atoms with Crippen molar-refractivity contribution in [1.82, 2.24) is 10.2 Å². The van der Waals surface area contributed by atoms with Crippen molar-refractivity contribution in [3.63, 3.8) is 0 Å². The Kier molecular flexibility index (Phi) is 4.20. The molecule has 0 aromatic heterocycles. The van der Waals surface area contributed by atoms with Crippen LogP contribution in [0.25, 0.3) is 0 Å². The second-order valence-electron chi connectivity index (χ2n) is 6.35. The molecule has 16 heavy (non-hydrogen) atoms. The molecular weight excluding hydrogens is 216 g/mol. The minimum atomic E-state index is 0.529. The Balaban J connectivity index is 1.80. The average Bonchev–Trinajstić information content (AvgIpc) is 2.15. The number of nitrogens with zero attached hydrogens (tertiary/aromatic N) is 1. The fraction of sp³-hybridized carbons (Fsp3) is 1.00. The van der Waals surface area contributed by atoms with E-state index in [0.717, 1.165) is 12.1 Å². The summed E-state index contributed by atoms with van der Waals surface area (Å²) in [5.74, 6) is 2.64. The van der Waals surface area contributed by atoms with E-state index in [1.54, 1.807) is 0 Å². The van der Waals surface area contributed by atoms with Crippen LogP contribution in [0.1, 0.15) is 33.1 Å². The van der Waals surface area contributed by atoms with Gasteiger partial charge in [-0.05, 0) is 44.0 Å². The fourth-order valence-electron chi connectivity index (χ4n) is 3.01. The molecule has 2 fully saturated rings. The first-order valence-corrected chi connectivity index (χ1v) is 7.73. The number of nitrogens with one attached hydrogen (secondary N) is 1. The molecular formula is C13H26N2S. The van der Waals surface area contributed by atoms with Gasteiger partial charge in [0.05, 0.1) is 0 Å². The van der Waals surface area contributed by atoms with E-state index in [-0.39, 0.29) is 0 Å². The van der Waals surface area contributed by atoms with Gasteiger partial charge in [0.15, 0.2) is 0 Å². The van der Waals surface area contributed by atoms with Gasteiger partial charge in [0, 0.05) is 24.4 Å². The zero-order valence-electron chi connectivity index (χ0n) is 11.0. The molecule has 0 aromatic carbocycles. The van der Waals surface area contributed by atoms with E-state index in [0.29, 0.717) is 5.41 Å². The molecule has 0 radical (unpaired) electrons. The van der Waals surface area contributed by atoms with Crippen molar-refractivity contribution in [2.45, 2.75) is 45.2 Å². The highest BCUT2D eigenvalue weighted by atomic mass is 32.2. The minimum Gasteiger partial charge on any atom is -0.309 e. The minimum absolute atomic E-state index is 0.529. The van der Waals surface area contributed by atoms with E-state index in [1.165, 1.54) is 43.9 Å². The summed E-state index contributed by atoms with van der Waals surface area (Å²) in [5.41, 5.74) is 0.529. The van der Waals surface area contributed by atoms with Gasteiger partial charge in [-0.15, -0.1) is 0 Å². The van der Waals surface area contributed by atoms with Crippen LogP contribution in [0.2, 0.25) is 0 Å². The third-order valence-electron chi connectivity index (χ3n) is 3.71. The van der Waals surface area contributed by atoms with Crippen LogP contribution in [0.3, 0.4) is 0 Å². The molecule has 2 rings (SSSR count). The van der Waals surface area contributed by atoms with E-state index in [9.17, 15) is 0 Å². The molecule has 2 nitrogen and oxygen atoms in total. The van der Waals surface area contributed by atoms with Crippen LogP contribution >= 0.6 is 11.8 Å². The normalized spacial score (nSPS) is 36.2. The molecule has 0 aromatic rings. The number of likely N-dealkylation sites (N-methyl/N-ethyl adjacent to an activating group) is 1. The zero-order valence-corrected chi connectivity index (χ0v) is 11.8. The quantitative estimate of drug-likeness (QED) is 0.799. The van der Waals surface area contributed by atoms with Crippen LogP contribution in [0.15, 0.2) is 0 Å². The monoisotopic (exact) mass is 242 g/mol. The summed E-state index contributed by atoms with van der Waals surface area (Å²) in [6, 6.07) is 1.48. The van der Waals surface area contributed by atoms with Crippen LogP contribution in [0.4, 0.5) is 0 Å². The smallest absolute Gasteiger partial charge is 0.0198 e. The van der Waals surface area contributed by atoms with Gasteiger partial charge >= 0.3 is 0 Å². The Labute approximate surface area is 105 Å². The van der Waals surface area contributed by atoms with Gasteiger partial charge in [-0.2, -0.15) is 11.8 Å². The molecule has 2 saturated heterocycles. The second-order valence-corrected chi connectivity index (χ2v) is 7.38. The van der Waals surface area contributed by atoms with E-state index in [1.807, 2.05) is 0 Å². The highest BCUT2D eigenvalue weighted by Crippen LogP contribution is 2.33. The van der Waals surface area contributed by atoms with Gasteiger partial charge in [-0.3, -0.25) is 0 Å². The van der Waals surface area contributed by atoms with Crippen molar-refractivity contribution < 1.29 is 0 Å². The SMILES string of the molecule is CN1CCCC(NC2CSCC(C)(C)C2)C1. The Morgan fingerprint density at radius 3 is 2.81 bits per heavy atom. The molecule has 2 heterocycles. The third-order valence-corrected chi connectivity index (χ3v) is 5.33. The molecule has 2 unspecified atom stereocenters. The molecule has 1 N–H and O–H groups in total. The Bertz CT molecular complexity index is 230. The Morgan fingerprint density at radius 2 is 2.12 bits per heavy atom. The molecule has 3 heteroatoms. The lowest BCUT2D eigenvalue weighted by Gasteiger charge is -2.39. The molecule has 2 aliphatic heterocycles. The standard InChI is InChI=1S/C13H26N2S/c1-13(2)7-12(9-16-10-13)14-11-5-4-6-15(3)8-11/h11-12,14H,4-10H2,1-3H3. The maximum atomic E-state index is 3.88. The predicted octanol–water partition coefficient (Wildman–Crippen LogP) is 2.20. The zero-order chi connectivity index (χ0) is 11.6. The summed E-state index contributed by atoms with van der Waals surface area (Å²) >= 11 is 2.12. The first-order chi connectivity index (χ1) is 7.55. The van der Waals surface area contributed by atoms with Crippen LogP contribution in [-0.2, 0) is 0 Å². The van der Waals surface area contributed by atoms with Crippen LogP contribution in [0, 0.1) is 5.41 Å². The number of piperidine rings is 1. The first kappa shape index (κ1) is 12.7. The van der Waals surface area contributed by atoms with Gasteiger partial charge < -0.3 is 10.2 Å². The molecule has 0 amide bonds. The topological polar surface area (TPSA) is 15.3 Å². The van der Waals surface area contributed by atoms with E-state index >= 15 is 0 Å². The van der Waals surface area contributed by atoms with Crippen molar-refractivity contribution in [1.29, 1.82) is 0 Å². The molecule has 0 spiro atoms. The molecule has 0 aliphatic carbocycles. The lowest BCUT2D eigenvalue weighted by atomic mass is 9.87. The molecule has 2 atom stereocenters. The van der Waals surface area contributed by atoms with E-state index < -0.39 is 0 Å². The highest BCUT2D eigenvalue weighted by molar-refractivity contribution is 7.99. The lowest BCUT2D eigenvalue weighted by molar-refractivity contribution is 0.204. The van der Waals surface area contributed by atoms with Crippen molar-refractivity contribution >= 4 is 11.8 Å². The van der Waals surface area contributed by atoms with E-state index in [4.69, 9.17) is 0 Å². The lowest BCUT2D eigenvalue weighted by Crippen LogP contribution is -2.51. The van der Waals surface area contributed by atoms with Crippen molar-refractivity contribution in [3.8, 4) is 0 Å². The van der Waals surface area contributed by atoms with Crippen molar-refractivity contribution in [2.75, 3.05) is 31.6 Å². The summed E-state index contributed by atoms with van der Waals surface area (Å²) in [7, 11) is 2.24. The molecule has 94 valence electrons. The van der Waals surface area contributed by atoms with Crippen molar-refractivity contribution in [3.05, 3.63) is 0 Å². The maximum absolute atomic E-state index is 3.88. The van der Waals surface area contributed by atoms with Crippen LogP contribution in [0.5, 0.6) is 0 Å². The summed E-state index contributed by atoms with van der Waals surface area (Å²) in [6.07, 6.45) is 4.07. The third kappa shape index (κ3) is 3.64. The molecule has 0 bridgehead atoms. The van der Waals surface area contributed by atoms with Gasteiger partial charge in [-0.1, -0.05) is 13.8 Å². The largest absolute Gasteiger partial charge is 0.309 e. The number of thioether (sulfide) groups is 1. The fourth-order valence-corrected chi connectivity index (χ4v) is 4.29. The number of hydrogen-bond donors (Lipinski definition) is 1. The maximum Gasteiger partial charge on any atom is 0.0198 e. The van der Waals surface area contributed by atoms with E-state index in [2.05, 4.69) is 42.9 Å². The summed E-state index contributed by atoms with van der Waals surface area (Å²) in [5, 5.41) is 3.88. The van der Waals surface area contributed by atoms with Crippen LogP contribution < -0.4 is 5.32 Å². The van der Waals surface area contributed by atoms with Crippen molar-refractivity contribution in [2.24, 2.45) is 5.41 Å². The van der Waals surface area contributed by atoms with Gasteiger partial charge in [0.1, 0.15) is 0 Å². The summed E-state index contributed by atoms with van der Waals surface area (Å²) in [6.45, 7) is 7.33. The van der Waals surface area contributed by atoms with Crippen LogP contribution in [-0.4, -0.2) is 48.6 Å². The van der Waals surface area contributed by atoms with Gasteiger partial charge in [-0.25, -0.2) is 0 Å². The van der Waals surface area contributed by atoms with Gasteiger partial charge in [0.2, 0.25) is 0 Å². The summed E-state index contributed by atoms with van der Waals surface area (Å²) < 4.78 is 0. The second kappa shape index (κ2) is 5.28. The number of rotatable bonds is 2. The predicted molar refractivity (Wildman–Crippen MR) is 73.2 cm³/mol. The Hall–Kier alpha value is 0.270. The molecule has 0 saturated carbocycles. The Morgan fingerprint density at radius 1 is 1.31 bits per heavy atom. The number of hydrogen-bond acceptors (Lipinski definition) is 3. The number of likely N-dealkylation sites (tertiary alicyclic amines) is 1. The van der Waals surface area contributed by atoms with Gasteiger partial charge in [0.25, 0.3) is 0 Å². The highest BCUT2D eigenvalue weighted by Gasteiger charge is 2.30.